The Labute approximate surface area is 316 Å². The van der Waals surface area contributed by atoms with E-state index in [0.29, 0.717) is 48.8 Å². The van der Waals surface area contributed by atoms with Gasteiger partial charge < -0.3 is 20.1 Å². The molecule has 1 aromatic heterocycles. The fourth-order valence-electron chi connectivity index (χ4n) is 6.99. The second kappa shape index (κ2) is 17.0. The van der Waals surface area contributed by atoms with Gasteiger partial charge in [0.05, 0.1) is 5.02 Å². The number of benzene rings is 2. The number of hydrazine groups is 1. The van der Waals surface area contributed by atoms with Crippen LogP contribution in [-0.4, -0.2) is 109 Å². The van der Waals surface area contributed by atoms with Crippen molar-refractivity contribution in [1.82, 2.24) is 29.9 Å². The van der Waals surface area contributed by atoms with E-state index in [9.17, 15) is 26.4 Å². The molecular formula is C35H43Cl2F3N6O6S. The van der Waals surface area contributed by atoms with Crippen LogP contribution in [0.2, 0.25) is 10.0 Å². The largest absolute Gasteiger partial charge is 0.490 e. The van der Waals surface area contributed by atoms with Crippen molar-refractivity contribution < 1.29 is 41.0 Å². The van der Waals surface area contributed by atoms with Crippen molar-refractivity contribution in [3.8, 4) is 5.75 Å². The van der Waals surface area contributed by atoms with Gasteiger partial charge in [-0.3, -0.25) is 4.79 Å². The van der Waals surface area contributed by atoms with Crippen LogP contribution >= 0.6 is 23.2 Å². The average molecular weight is 804 g/mol. The fourth-order valence-corrected chi connectivity index (χ4v) is 9.29. The van der Waals surface area contributed by atoms with Gasteiger partial charge in [-0.2, -0.15) is 17.9 Å². The minimum absolute atomic E-state index is 0.0277. The van der Waals surface area contributed by atoms with Gasteiger partial charge in [0, 0.05) is 73.5 Å². The van der Waals surface area contributed by atoms with E-state index in [1.165, 1.54) is 12.1 Å². The number of halogens is 5. The lowest BCUT2D eigenvalue weighted by molar-refractivity contribution is -0.192. The fraction of sp³-hybridized carbons (Fsp3) is 0.514. The lowest BCUT2D eigenvalue weighted by atomic mass is 9.96. The van der Waals surface area contributed by atoms with Gasteiger partial charge in [-0.25, -0.2) is 28.2 Å². The molecule has 3 aliphatic rings. The molecule has 0 bridgehead atoms. The van der Waals surface area contributed by atoms with Crippen LogP contribution in [-0.2, 0) is 26.2 Å². The van der Waals surface area contributed by atoms with Crippen LogP contribution in [0.3, 0.4) is 0 Å². The number of fused-ring (bicyclic) bond motifs is 1. The van der Waals surface area contributed by atoms with Crippen molar-refractivity contribution in [2.45, 2.75) is 75.2 Å². The summed E-state index contributed by atoms with van der Waals surface area (Å²) in [6.45, 7) is 9.45. The van der Waals surface area contributed by atoms with E-state index in [0.717, 1.165) is 63.1 Å². The van der Waals surface area contributed by atoms with Gasteiger partial charge in [0.2, 0.25) is 15.9 Å². The Bertz CT molecular complexity index is 1910. The number of pyridine rings is 1. The number of hydrogen-bond acceptors (Lipinski definition) is 9. The molecule has 1 amide bonds. The number of nitrogens with one attached hydrogen (secondary N) is 2. The molecule has 290 valence electrons. The molecular weight excluding hydrogens is 760 g/mol. The topological polar surface area (TPSA) is 144 Å². The zero-order valence-electron chi connectivity index (χ0n) is 29.4. The summed E-state index contributed by atoms with van der Waals surface area (Å²) < 4.78 is 68.7. The number of carbonyl (C=O) groups is 2. The summed E-state index contributed by atoms with van der Waals surface area (Å²) in [6.07, 6.45) is -1.62. The Morgan fingerprint density at radius 3 is 2.38 bits per heavy atom. The molecule has 1 saturated carbocycles. The van der Waals surface area contributed by atoms with Crippen LogP contribution in [0, 0.1) is 6.92 Å². The van der Waals surface area contributed by atoms with Gasteiger partial charge in [0.25, 0.3) is 0 Å². The van der Waals surface area contributed by atoms with Gasteiger partial charge >= 0.3 is 12.1 Å². The lowest BCUT2D eigenvalue weighted by Crippen LogP contribution is -2.65. The molecule has 2 aromatic carbocycles. The Balaban J connectivity index is 0.000000705. The maximum Gasteiger partial charge on any atom is 0.490 e. The third kappa shape index (κ3) is 9.53. The highest BCUT2D eigenvalue weighted by Gasteiger charge is 2.48. The predicted octanol–water partition coefficient (Wildman–Crippen LogP) is 5.40. The second-order valence-corrected chi connectivity index (χ2v) is 15.7. The molecule has 6 rings (SSSR count). The van der Waals surface area contributed by atoms with Crippen LogP contribution in [0.1, 0.15) is 50.3 Å². The van der Waals surface area contributed by atoms with E-state index in [-0.39, 0.29) is 27.5 Å². The van der Waals surface area contributed by atoms with Gasteiger partial charge in [0.15, 0.2) is 0 Å². The molecule has 1 unspecified atom stereocenters. The average Bonchev–Trinajstić information content (AvgIpc) is 3.60. The number of amides is 1. The van der Waals surface area contributed by atoms with Crippen molar-refractivity contribution in [2.75, 3.05) is 45.8 Å². The van der Waals surface area contributed by atoms with Crippen molar-refractivity contribution in [3.05, 3.63) is 63.8 Å². The smallest absolute Gasteiger partial charge is 0.487 e. The van der Waals surface area contributed by atoms with Crippen molar-refractivity contribution >= 4 is 56.0 Å². The van der Waals surface area contributed by atoms with E-state index in [2.05, 4.69) is 32.0 Å². The van der Waals surface area contributed by atoms with Crippen molar-refractivity contribution in [2.24, 2.45) is 0 Å². The first-order valence-corrected chi connectivity index (χ1v) is 19.6. The molecule has 3 heterocycles. The number of rotatable bonds is 9. The number of sulfonamides is 1. The lowest BCUT2D eigenvalue weighted by Gasteiger charge is -2.47. The number of nitrogens with zero attached hydrogens (tertiary/aromatic N) is 4. The molecule has 2 saturated heterocycles. The van der Waals surface area contributed by atoms with Crippen LogP contribution in [0.15, 0.2) is 47.4 Å². The third-order valence-electron chi connectivity index (χ3n) is 9.77. The minimum atomic E-state index is -5.08. The minimum Gasteiger partial charge on any atom is -0.487 e. The second-order valence-electron chi connectivity index (χ2n) is 13.3. The summed E-state index contributed by atoms with van der Waals surface area (Å²) in [5, 5.41) is 16.6. The molecule has 0 spiro atoms. The van der Waals surface area contributed by atoms with Crippen LogP contribution < -0.4 is 14.8 Å². The number of carbonyl (C=O) groups excluding carboxylic acids is 1. The molecule has 0 radical (unpaired) electrons. The predicted molar refractivity (Wildman–Crippen MR) is 194 cm³/mol. The highest BCUT2D eigenvalue weighted by atomic mass is 35.5. The molecule has 2 aliphatic heterocycles. The number of hydrogen-bond donors (Lipinski definition) is 3. The zero-order valence-corrected chi connectivity index (χ0v) is 31.7. The molecule has 12 nitrogen and oxygen atoms in total. The highest BCUT2D eigenvalue weighted by molar-refractivity contribution is 7.89. The highest BCUT2D eigenvalue weighted by Crippen LogP contribution is 2.37. The van der Waals surface area contributed by atoms with Crippen molar-refractivity contribution in [3.63, 3.8) is 0 Å². The Morgan fingerprint density at radius 2 is 1.74 bits per heavy atom. The third-order valence-corrected chi connectivity index (χ3v) is 12.2. The van der Waals surface area contributed by atoms with E-state index < -0.39 is 27.7 Å². The summed E-state index contributed by atoms with van der Waals surface area (Å²) in [5.41, 5.74) is 0.673. The normalized spacial score (nSPS) is 19.8. The number of carboxylic acid groups (broad SMARTS) is 1. The number of alkyl halides is 3. The number of carboxylic acids is 1. The first kappa shape index (κ1) is 40.9. The number of aliphatic carboxylic acids is 1. The molecule has 1 aliphatic carbocycles. The van der Waals surface area contributed by atoms with Gasteiger partial charge in [0.1, 0.15) is 28.3 Å². The number of piperazine rings is 2. The van der Waals surface area contributed by atoms with E-state index >= 15 is 0 Å². The Kier molecular flexibility index (Phi) is 13.2. The number of para-hydroxylation sites is 1. The molecule has 1 atom stereocenters. The van der Waals surface area contributed by atoms with Crippen molar-refractivity contribution in [1.29, 1.82) is 0 Å². The van der Waals surface area contributed by atoms with E-state index in [4.69, 9.17) is 37.8 Å². The van der Waals surface area contributed by atoms with E-state index in [1.54, 1.807) is 6.07 Å². The number of aromatic nitrogens is 1. The maximum atomic E-state index is 14.1. The van der Waals surface area contributed by atoms with Gasteiger partial charge in [-0.1, -0.05) is 61.2 Å². The first-order valence-electron chi connectivity index (χ1n) is 17.4. The first-order chi connectivity index (χ1) is 25.1. The Hall–Kier alpha value is -3.25. The van der Waals surface area contributed by atoms with Gasteiger partial charge in [-0.15, -0.1) is 0 Å². The summed E-state index contributed by atoms with van der Waals surface area (Å²) in [7, 11) is -4.20. The quantitative estimate of drug-likeness (QED) is 0.258. The van der Waals surface area contributed by atoms with Crippen LogP contribution in [0.25, 0.3) is 10.9 Å². The summed E-state index contributed by atoms with van der Waals surface area (Å²) in [5.74, 6) is -2.38. The van der Waals surface area contributed by atoms with Crippen LogP contribution in [0.5, 0.6) is 5.75 Å². The Morgan fingerprint density at radius 1 is 1.06 bits per heavy atom. The van der Waals surface area contributed by atoms with Crippen LogP contribution in [0.4, 0.5) is 13.2 Å². The summed E-state index contributed by atoms with van der Waals surface area (Å²) >= 11 is 13.3. The molecule has 3 fully saturated rings. The standard InChI is InChI=1S/C33H42Cl2N6O4S.C2HF3O2/c1-3-25-21-36-15-16-41(25)40-19-17-39(18-20-40)32(42)33(13-4-5-14-33)38-46(43,44)29-12-11-27(34)26(30(29)35)22-45-28-8-6-7-24-10-9-23(2)37-31(24)28;3-2(4,5)1(6)7/h6-12,25,36,38H,3-5,13-22H2,1-2H3;(H,6,7). The zero-order chi connectivity index (χ0) is 38.6. The molecule has 18 heteroatoms. The number of aryl methyl sites for hydroxylation is 1. The molecule has 3 aromatic rings. The maximum absolute atomic E-state index is 14.1. The molecule has 53 heavy (non-hydrogen) atoms. The SMILES string of the molecule is CCC1CNCCN1N1CCN(C(=O)C2(NS(=O)(=O)c3ccc(Cl)c(COc4cccc5ccc(C)nc45)c3Cl)CCCC2)CC1.O=C(O)C(F)(F)F. The number of ether oxygens (including phenoxy) is 1. The summed E-state index contributed by atoms with van der Waals surface area (Å²) in [6, 6.07) is 12.9. The monoisotopic (exact) mass is 802 g/mol. The van der Waals surface area contributed by atoms with Gasteiger partial charge in [-0.05, 0) is 50.5 Å². The van der Waals surface area contributed by atoms with E-state index in [1.807, 2.05) is 36.1 Å². The summed E-state index contributed by atoms with van der Waals surface area (Å²) in [4.78, 5) is 29.3. The molecule has 3 N–H and O–H groups in total.